The van der Waals surface area contributed by atoms with Gasteiger partial charge in [0.15, 0.2) is 5.82 Å². The smallest absolute Gasteiger partial charge is 0.160 e. The van der Waals surface area contributed by atoms with E-state index in [1.807, 2.05) is 24.3 Å². The molecule has 4 nitrogen and oxygen atoms in total. The normalized spacial score (nSPS) is 13.1. The molecule has 0 spiro atoms. The van der Waals surface area contributed by atoms with Gasteiger partial charge in [-0.25, -0.2) is 9.97 Å². The van der Waals surface area contributed by atoms with Crippen molar-refractivity contribution < 1.29 is 0 Å². The summed E-state index contributed by atoms with van der Waals surface area (Å²) < 4.78 is 5.04. The number of para-hydroxylation sites is 3. The van der Waals surface area contributed by atoms with Crippen LogP contribution in [-0.4, -0.2) is 19.1 Å². The molecule has 0 saturated heterocycles. The highest BCUT2D eigenvalue weighted by Crippen LogP contribution is 2.58. The number of benzene rings is 8. The predicted molar refractivity (Wildman–Crippen MR) is 245 cm³/mol. The lowest BCUT2D eigenvalue weighted by Gasteiger charge is -2.24. The highest BCUT2D eigenvalue weighted by molar-refractivity contribution is 6.33. The molecule has 0 aliphatic heterocycles. The van der Waals surface area contributed by atoms with Crippen LogP contribution in [0, 0.1) is 0 Å². The summed E-state index contributed by atoms with van der Waals surface area (Å²) in [7, 11) is 0. The fourth-order valence-electron chi connectivity index (χ4n) is 9.91. The van der Waals surface area contributed by atoms with Gasteiger partial charge in [0.2, 0.25) is 0 Å². The van der Waals surface area contributed by atoms with E-state index in [0.29, 0.717) is 5.82 Å². The van der Waals surface area contributed by atoms with E-state index in [4.69, 9.17) is 9.97 Å². The Kier molecular flexibility index (Phi) is 7.24. The molecule has 11 aromatic rings. The van der Waals surface area contributed by atoms with E-state index in [2.05, 4.69) is 193 Å². The molecule has 4 heteroatoms. The third-order valence-corrected chi connectivity index (χ3v) is 12.5. The molecule has 12 rings (SSSR count). The first-order valence-electron chi connectivity index (χ1n) is 20.3. The van der Waals surface area contributed by atoms with Crippen molar-refractivity contribution in [1.82, 2.24) is 19.1 Å². The summed E-state index contributed by atoms with van der Waals surface area (Å²) >= 11 is 0. The van der Waals surface area contributed by atoms with Crippen molar-refractivity contribution in [2.75, 3.05) is 0 Å². The first-order valence-corrected chi connectivity index (χ1v) is 20.3. The van der Waals surface area contributed by atoms with Crippen molar-refractivity contribution in [3.63, 3.8) is 0 Å². The van der Waals surface area contributed by atoms with Crippen LogP contribution in [0.25, 0.3) is 100 Å². The van der Waals surface area contributed by atoms with E-state index in [0.717, 1.165) is 33.8 Å². The Morgan fingerprint density at radius 3 is 1.54 bits per heavy atom. The third-order valence-electron chi connectivity index (χ3n) is 12.5. The van der Waals surface area contributed by atoms with Crippen LogP contribution in [-0.2, 0) is 5.41 Å². The fourth-order valence-corrected chi connectivity index (χ4v) is 9.91. The number of nitrogens with zero attached hydrogens (tertiary/aromatic N) is 4. The van der Waals surface area contributed by atoms with E-state index in [1.165, 1.54) is 71.6 Å². The van der Waals surface area contributed by atoms with Gasteiger partial charge in [-0.1, -0.05) is 166 Å². The zero-order valence-corrected chi connectivity index (χ0v) is 32.8. The Morgan fingerprint density at radius 1 is 0.424 bits per heavy atom. The van der Waals surface area contributed by atoms with Crippen LogP contribution in [0.1, 0.15) is 25.0 Å². The topological polar surface area (TPSA) is 35.6 Å². The van der Waals surface area contributed by atoms with Crippen LogP contribution in [0.3, 0.4) is 0 Å². The Bertz CT molecular complexity index is 3370. The summed E-state index contributed by atoms with van der Waals surface area (Å²) in [5.41, 5.74) is 17.2. The third kappa shape index (κ3) is 4.90. The van der Waals surface area contributed by atoms with Crippen LogP contribution >= 0.6 is 0 Å². The molecule has 1 aliphatic rings. The molecule has 8 aromatic carbocycles. The van der Waals surface area contributed by atoms with Crippen molar-refractivity contribution in [1.29, 1.82) is 0 Å². The molecular weight excluding hydrogens is 717 g/mol. The largest absolute Gasteiger partial charge is 0.309 e. The lowest BCUT2D eigenvalue weighted by Crippen LogP contribution is -2.16. The van der Waals surface area contributed by atoms with Gasteiger partial charge >= 0.3 is 0 Å². The maximum Gasteiger partial charge on any atom is 0.160 e. The van der Waals surface area contributed by atoms with Crippen LogP contribution < -0.4 is 0 Å². The van der Waals surface area contributed by atoms with Gasteiger partial charge < -0.3 is 9.13 Å². The standard InChI is InChI=1S/C55H38N4/c1-55(2)43-27-15-12-24-40(43)50-51(55)53-49(42-26-14-17-29-47(42)59(53)38-22-10-5-11-23-38)48-41-25-13-16-28-46(41)58(52(48)50)39-32-30-36(31-33-39)45-34-44(35-18-6-3-7-19-35)56-54(57-45)37-20-8-4-9-21-37/h3-34H,1-2H3. The molecular formula is C55H38N4. The number of fused-ring (bicyclic) bond motifs is 12. The van der Waals surface area contributed by atoms with Gasteiger partial charge in [-0.3, -0.25) is 0 Å². The summed E-state index contributed by atoms with van der Waals surface area (Å²) in [4.78, 5) is 10.2. The van der Waals surface area contributed by atoms with Crippen LogP contribution in [0.15, 0.2) is 194 Å². The Hall–Kier alpha value is -7.56. The minimum Gasteiger partial charge on any atom is -0.309 e. The van der Waals surface area contributed by atoms with E-state index >= 15 is 0 Å². The second kappa shape index (κ2) is 12.7. The number of hydrogen-bond acceptors (Lipinski definition) is 2. The van der Waals surface area contributed by atoms with Crippen molar-refractivity contribution in [3.8, 4) is 56.4 Å². The summed E-state index contributed by atoms with van der Waals surface area (Å²) in [5.74, 6) is 0.712. The molecule has 3 aromatic heterocycles. The number of rotatable bonds is 5. The Balaban J connectivity index is 1.16. The van der Waals surface area contributed by atoms with E-state index in [-0.39, 0.29) is 5.41 Å². The van der Waals surface area contributed by atoms with Gasteiger partial charge in [0.1, 0.15) is 0 Å². The predicted octanol–water partition coefficient (Wildman–Crippen LogP) is 14.0. The van der Waals surface area contributed by atoms with Crippen LogP contribution in [0.5, 0.6) is 0 Å². The average Bonchev–Trinajstić information content (AvgIpc) is 3.90. The molecule has 0 atom stereocenters. The summed E-state index contributed by atoms with van der Waals surface area (Å²) in [6, 6.07) is 69.6. The Labute approximate surface area is 342 Å². The molecule has 0 N–H and O–H groups in total. The maximum atomic E-state index is 5.15. The number of hydrogen-bond donors (Lipinski definition) is 0. The van der Waals surface area contributed by atoms with Crippen LogP contribution in [0.4, 0.5) is 0 Å². The summed E-state index contributed by atoms with van der Waals surface area (Å²) in [5, 5.41) is 5.09. The maximum absolute atomic E-state index is 5.15. The van der Waals surface area contributed by atoms with Gasteiger partial charge in [-0.15, -0.1) is 0 Å². The monoisotopic (exact) mass is 754 g/mol. The molecule has 278 valence electrons. The molecule has 0 fully saturated rings. The van der Waals surface area contributed by atoms with Gasteiger partial charge in [-0.05, 0) is 59.2 Å². The Morgan fingerprint density at radius 2 is 0.898 bits per heavy atom. The lowest BCUT2D eigenvalue weighted by molar-refractivity contribution is 0.664. The molecule has 0 bridgehead atoms. The van der Waals surface area contributed by atoms with Crippen molar-refractivity contribution in [2.24, 2.45) is 0 Å². The van der Waals surface area contributed by atoms with Crippen molar-refractivity contribution >= 4 is 43.6 Å². The van der Waals surface area contributed by atoms with Crippen LogP contribution in [0.2, 0.25) is 0 Å². The lowest BCUT2D eigenvalue weighted by atomic mass is 9.81. The number of aromatic nitrogens is 4. The SMILES string of the molecule is CC1(C)c2ccccc2-c2c1c1c(c3ccccc3n1-c1ccccc1)c1c3ccccc3n(-c3ccc(-c4cc(-c5ccccc5)nc(-c5ccccc5)n4)cc3)c21. The molecule has 0 amide bonds. The van der Waals surface area contributed by atoms with Gasteiger partial charge in [0.25, 0.3) is 0 Å². The van der Waals surface area contributed by atoms with Gasteiger partial charge in [0, 0.05) is 60.6 Å². The molecule has 0 radical (unpaired) electrons. The van der Waals surface area contributed by atoms with E-state index in [9.17, 15) is 0 Å². The fraction of sp³-hybridized carbons (Fsp3) is 0.0545. The highest BCUT2D eigenvalue weighted by atomic mass is 15.0. The summed E-state index contributed by atoms with van der Waals surface area (Å²) in [6.07, 6.45) is 0. The van der Waals surface area contributed by atoms with E-state index in [1.54, 1.807) is 0 Å². The van der Waals surface area contributed by atoms with E-state index < -0.39 is 0 Å². The summed E-state index contributed by atoms with van der Waals surface area (Å²) in [6.45, 7) is 4.82. The average molecular weight is 755 g/mol. The van der Waals surface area contributed by atoms with Gasteiger partial charge in [-0.2, -0.15) is 0 Å². The quantitative estimate of drug-likeness (QED) is 0.175. The van der Waals surface area contributed by atoms with Gasteiger partial charge in [0.05, 0.1) is 33.5 Å². The zero-order valence-electron chi connectivity index (χ0n) is 32.8. The molecule has 1 aliphatic carbocycles. The molecule has 0 unspecified atom stereocenters. The molecule has 3 heterocycles. The molecule has 0 saturated carbocycles. The second-order valence-corrected chi connectivity index (χ2v) is 16.1. The first-order chi connectivity index (χ1) is 29.1. The highest BCUT2D eigenvalue weighted by Gasteiger charge is 2.41. The van der Waals surface area contributed by atoms with Crippen molar-refractivity contribution in [2.45, 2.75) is 19.3 Å². The zero-order chi connectivity index (χ0) is 39.2. The minimum atomic E-state index is -0.260. The van der Waals surface area contributed by atoms with Crippen molar-refractivity contribution in [3.05, 3.63) is 205 Å². The first kappa shape index (κ1) is 33.6. The minimum absolute atomic E-state index is 0.260. The molecule has 59 heavy (non-hydrogen) atoms. The second-order valence-electron chi connectivity index (χ2n) is 16.1.